The topological polar surface area (TPSA) is 66.5 Å². The number of benzene rings is 2. The molecule has 5 nitrogen and oxygen atoms in total. The van der Waals surface area contributed by atoms with Crippen LogP contribution in [0, 0.1) is 19.8 Å². The molecule has 0 radical (unpaired) electrons. The number of hydrogen-bond acceptors (Lipinski definition) is 3. The highest BCUT2D eigenvalue weighted by atomic mass is 35.5. The van der Waals surface area contributed by atoms with E-state index in [1.807, 2.05) is 13.0 Å². The summed E-state index contributed by atoms with van der Waals surface area (Å²) in [5.74, 6) is -0.221. The minimum Gasteiger partial charge on any atom is -0.349 e. The molecular weight excluding hydrogens is 420 g/mol. The summed E-state index contributed by atoms with van der Waals surface area (Å²) in [4.78, 5) is 12.7. The van der Waals surface area contributed by atoms with Crippen molar-refractivity contribution in [2.75, 3.05) is 13.1 Å². The molecule has 1 amide bonds. The first-order valence-electron chi connectivity index (χ1n) is 10.3. The van der Waals surface area contributed by atoms with Crippen LogP contribution in [0.4, 0.5) is 0 Å². The Hall–Kier alpha value is -1.89. The van der Waals surface area contributed by atoms with Crippen LogP contribution in [-0.4, -0.2) is 31.7 Å². The molecule has 1 aliphatic heterocycles. The number of aryl methyl sites for hydroxylation is 2. The first-order valence-corrected chi connectivity index (χ1v) is 12.2. The number of amides is 1. The van der Waals surface area contributed by atoms with E-state index in [-0.39, 0.29) is 23.6 Å². The Bertz CT molecular complexity index is 998. The van der Waals surface area contributed by atoms with Crippen molar-refractivity contribution in [2.24, 2.45) is 5.92 Å². The molecule has 1 heterocycles. The molecule has 0 aliphatic carbocycles. The van der Waals surface area contributed by atoms with Crippen LogP contribution in [0.5, 0.6) is 0 Å². The summed E-state index contributed by atoms with van der Waals surface area (Å²) in [5.41, 5.74) is 4.22. The smallest absolute Gasteiger partial charge is 0.223 e. The molecule has 0 saturated carbocycles. The van der Waals surface area contributed by atoms with Gasteiger partial charge in [0.2, 0.25) is 15.9 Å². The molecule has 162 valence electrons. The Balaban J connectivity index is 1.54. The monoisotopic (exact) mass is 448 g/mol. The Kier molecular flexibility index (Phi) is 7.22. The van der Waals surface area contributed by atoms with E-state index in [9.17, 15) is 13.2 Å². The van der Waals surface area contributed by atoms with Crippen LogP contribution in [0.3, 0.4) is 0 Å². The molecule has 0 spiro atoms. The third-order valence-corrected chi connectivity index (χ3v) is 7.97. The zero-order chi connectivity index (χ0) is 21.9. The molecule has 30 heavy (non-hydrogen) atoms. The molecule has 1 aliphatic rings. The van der Waals surface area contributed by atoms with Crippen LogP contribution in [0.25, 0.3) is 0 Å². The number of carbonyl (C=O) groups is 1. The SMILES string of the molecule is Cc1ccc([C@H](C)NC(=O)C2CCN(S(=O)(=O)Cc3ccc(Cl)cc3)CC2)cc1C. The highest BCUT2D eigenvalue weighted by Gasteiger charge is 2.31. The summed E-state index contributed by atoms with van der Waals surface area (Å²) < 4.78 is 27.0. The van der Waals surface area contributed by atoms with Gasteiger partial charge in [-0.3, -0.25) is 4.79 Å². The zero-order valence-electron chi connectivity index (χ0n) is 17.7. The van der Waals surface area contributed by atoms with E-state index >= 15 is 0 Å². The summed E-state index contributed by atoms with van der Waals surface area (Å²) >= 11 is 5.87. The Labute approximate surface area is 184 Å². The lowest BCUT2D eigenvalue weighted by Crippen LogP contribution is -2.43. The van der Waals surface area contributed by atoms with Gasteiger partial charge < -0.3 is 5.32 Å². The quantitative estimate of drug-likeness (QED) is 0.713. The summed E-state index contributed by atoms with van der Waals surface area (Å²) in [7, 11) is -3.41. The van der Waals surface area contributed by atoms with Gasteiger partial charge in [-0.2, -0.15) is 0 Å². The largest absolute Gasteiger partial charge is 0.349 e. The predicted molar refractivity (Wildman–Crippen MR) is 121 cm³/mol. The third-order valence-electron chi connectivity index (χ3n) is 5.87. The van der Waals surface area contributed by atoms with Crippen LogP contribution in [0.2, 0.25) is 5.02 Å². The predicted octanol–water partition coefficient (Wildman–Crippen LogP) is 4.38. The lowest BCUT2D eigenvalue weighted by atomic mass is 9.96. The molecular formula is C23H29ClN2O3S. The normalized spacial score (nSPS) is 16.9. The molecule has 2 aromatic rings. The minimum atomic E-state index is -3.41. The lowest BCUT2D eigenvalue weighted by molar-refractivity contribution is -0.126. The highest BCUT2D eigenvalue weighted by Crippen LogP contribution is 2.24. The summed E-state index contributed by atoms with van der Waals surface area (Å²) in [5, 5.41) is 3.67. The Morgan fingerprint density at radius 1 is 1.10 bits per heavy atom. The van der Waals surface area contributed by atoms with Gasteiger partial charge in [-0.05, 0) is 68.0 Å². The molecule has 0 bridgehead atoms. The number of carbonyl (C=O) groups excluding carboxylic acids is 1. The van der Waals surface area contributed by atoms with Crippen molar-refractivity contribution in [3.63, 3.8) is 0 Å². The fourth-order valence-corrected chi connectivity index (χ4v) is 5.42. The van der Waals surface area contributed by atoms with Gasteiger partial charge >= 0.3 is 0 Å². The van der Waals surface area contributed by atoms with E-state index in [2.05, 4.69) is 31.3 Å². The highest BCUT2D eigenvalue weighted by molar-refractivity contribution is 7.88. The van der Waals surface area contributed by atoms with Crippen molar-refractivity contribution in [2.45, 2.75) is 45.4 Å². The fraction of sp³-hybridized carbons (Fsp3) is 0.435. The van der Waals surface area contributed by atoms with Crippen LogP contribution in [0.15, 0.2) is 42.5 Å². The van der Waals surface area contributed by atoms with Gasteiger partial charge in [0.15, 0.2) is 0 Å². The standard InChI is InChI=1S/C23H29ClN2O3S/c1-16-4-7-21(14-17(16)2)18(3)25-23(27)20-10-12-26(13-11-20)30(28,29)15-19-5-8-22(24)9-6-19/h4-9,14,18,20H,10-13,15H2,1-3H3,(H,25,27)/t18-/m0/s1. The minimum absolute atomic E-state index is 0.00419. The molecule has 1 fully saturated rings. The van der Waals surface area contributed by atoms with E-state index in [1.165, 1.54) is 15.4 Å². The van der Waals surface area contributed by atoms with Crippen LogP contribution >= 0.6 is 11.6 Å². The van der Waals surface area contributed by atoms with Crippen molar-refractivity contribution in [1.29, 1.82) is 0 Å². The van der Waals surface area contributed by atoms with Gasteiger partial charge in [0.25, 0.3) is 0 Å². The average Bonchev–Trinajstić information content (AvgIpc) is 2.71. The van der Waals surface area contributed by atoms with Crippen LogP contribution in [0.1, 0.15) is 48.1 Å². The number of piperidine rings is 1. The van der Waals surface area contributed by atoms with Crippen LogP contribution in [-0.2, 0) is 20.6 Å². The maximum absolute atomic E-state index is 12.7. The van der Waals surface area contributed by atoms with Crippen molar-refractivity contribution >= 4 is 27.5 Å². The number of halogens is 1. The average molecular weight is 449 g/mol. The summed E-state index contributed by atoms with van der Waals surface area (Å²) in [6, 6.07) is 13.0. The lowest BCUT2D eigenvalue weighted by Gasteiger charge is -2.31. The molecule has 2 aromatic carbocycles. The van der Waals surface area contributed by atoms with E-state index in [1.54, 1.807) is 24.3 Å². The molecule has 7 heteroatoms. The van der Waals surface area contributed by atoms with Crippen molar-refractivity contribution in [3.05, 3.63) is 69.7 Å². The van der Waals surface area contributed by atoms with E-state index in [0.717, 1.165) is 5.56 Å². The molecule has 0 aromatic heterocycles. The van der Waals surface area contributed by atoms with E-state index < -0.39 is 10.0 Å². The van der Waals surface area contributed by atoms with E-state index in [0.29, 0.717) is 36.5 Å². The first-order chi connectivity index (χ1) is 14.2. The van der Waals surface area contributed by atoms with Gasteiger partial charge in [0.1, 0.15) is 0 Å². The second-order valence-corrected chi connectivity index (χ2v) is 10.5. The molecule has 3 rings (SSSR count). The second kappa shape index (κ2) is 9.50. The number of nitrogens with zero attached hydrogens (tertiary/aromatic N) is 1. The van der Waals surface area contributed by atoms with Crippen molar-refractivity contribution in [3.8, 4) is 0 Å². The molecule has 1 N–H and O–H groups in total. The van der Waals surface area contributed by atoms with Gasteiger partial charge in [-0.25, -0.2) is 12.7 Å². The summed E-state index contributed by atoms with van der Waals surface area (Å²) in [6.07, 6.45) is 1.07. The van der Waals surface area contributed by atoms with Crippen LogP contribution < -0.4 is 5.32 Å². The van der Waals surface area contributed by atoms with Crippen molar-refractivity contribution in [1.82, 2.24) is 9.62 Å². The van der Waals surface area contributed by atoms with E-state index in [4.69, 9.17) is 11.6 Å². The third kappa shape index (κ3) is 5.62. The molecule has 1 saturated heterocycles. The number of hydrogen-bond donors (Lipinski definition) is 1. The van der Waals surface area contributed by atoms with Crippen molar-refractivity contribution < 1.29 is 13.2 Å². The zero-order valence-corrected chi connectivity index (χ0v) is 19.3. The van der Waals surface area contributed by atoms with Gasteiger partial charge in [-0.15, -0.1) is 0 Å². The molecule has 1 atom stereocenters. The van der Waals surface area contributed by atoms with Gasteiger partial charge in [0.05, 0.1) is 11.8 Å². The van der Waals surface area contributed by atoms with Gasteiger partial charge in [-0.1, -0.05) is 41.9 Å². The Morgan fingerprint density at radius 3 is 2.33 bits per heavy atom. The van der Waals surface area contributed by atoms with Gasteiger partial charge in [0, 0.05) is 24.0 Å². The first kappa shape index (κ1) is 22.8. The second-order valence-electron chi connectivity index (χ2n) is 8.13. The number of nitrogens with one attached hydrogen (secondary N) is 1. The molecule has 0 unspecified atom stereocenters. The number of rotatable bonds is 6. The maximum atomic E-state index is 12.7. The fourth-order valence-electron chi connectivity index (χ4n) is 3.73. The maximum Gasteiger partial charge on any atom is 0.223 e. The Morgan fingerprint density at radius 2 is 1.73 bits per heavy atom. The number of sulfonamides is 1. The summed E-state index contributed by atoms with van der Waals surface area (Å²) in [6.45, 7) is 6.84.